The highest BCUT2D eigenvalue weighted by Crippen LogP contribution is 2.37. The van der Waals surface area contributed by atoms with Gasteiger partial charge in [0.1, 0.15) is 5.69 Å². The molecule has 6 heteroatoms. The third-order valence-corrected chi connectivity index (χ3v) is 5.35. The van der Waals surface area contributed by atoms with E-state index in [1.807, 2.05) is 28.9 Å². The maximum atomic E-state index is 13.2. The van der Waals surface area contributed by atoms with Crippen molar-refractivity contribution < 1.29 is 14.7 Å². The number of rotatable bonds is 3. The highest BCUT2D eigenvalue weighted by molar-refractivity contribution is 6.06. The molecule has 130 valence electrons. The zero-order chi connectivity index (χ0) is 17.4. The van der Waals surface area contributed by atoms with Crippen molar-refractivity contribution in [1.82, 2.24) is 9.78 Å². The Labute approximate surface area is 146 Å². The molecule has 1 aliphatic heterocycles. The van der Waals surface area contributed by atoms with Gasteiger partial charge in [0.25, 0.3) is 5.91 Å². The first-order valence-corrected chi connectivity index (χ1v) is 8.84. The molecule has 6 nitrogen and oxygen atoms in total. The van der Waals surface area contributed by atoms with Gasteiger partial charge in [0.05, 0.1) is 12.0 Å². The standard InChI is InChI=1S/C19H21N3O3/c23-18(17-9-11-20-22(17)13-5-1-2-6-13)21-12-10-15(19(24)25)14-7-3-4-8-16(14)21/h3-4,7-9,11,13,15H,1-2,5-6,10,12H2,(H,24,25). The summed E-state index contributed by atoms with van der Waals surface area (Å²) < 4.78 is 1.86. The van der Waals surface area contributed by atoms with E-state index in [9.17, 15) is 14.7 Å². The van der Waals surface area contributed by atoms with Crippen molar-refractivity contribution in [3.05, 3.63) is 47.8 Å². The SMILES string of the molecule is O=C(O)C1CCN(C(=O)c2ccnn2C2CCCC2)c2ccccc21. The van der Waals surface area contributed by atoms with Crippen LogP contribution in [0.2, 0.25) is 0 Å². The van der Waals surface area contributed by atoms with Gasteiger partial charge in [-0.2, -0.15) is 5.10 Å². The van der Waals surface area contributed by atoms with Crippen molar-refractivity contribution in [1.29, 1.82) is 0 Å². The van der Waals surface area contributed by atoms with Crippen molar-refractivity contribution in [3.8, 4) is 0 Å². The Balaban J connectivity index is 1.68. The number of benzene rings is 1. The number of carbonyl (C=O) groups excluding carboxylic acids is 1. The number of carboxylic acids is 1. The normalized spacial score (nSPS) is 20.5. The van der Waals surface area contributed by atoms with Crippen molar-refractivity contribution >= 4 is 17.6 Å². The minimum absolute atomic E-state index is 0.0966. The fraction of sp³-hybridized carbons (Fsp3) is 0.421. The fourth-order valence-electron chi connectivity index (χ4n) is 4.09. The summed E-state index contributed by atoms with van der Waals surface area (Å²) in [5.41, 5.74) is 2.00. The smallest absolute Gasteiger partial charge is 0.311 e. The van der Waals surface area contributed by atoms with Gasteiger partial charge in [0, 0.05) is 18.4 Å². The summed E-state index contributed by atoms with van der Waals surface area (Å²) >= 11 is 0. The largest absolute Gasteiger partial charge is 0.481 e. The molecule has 1 aromatic heterocycles. The van der Waals surface area contributed by atoms with E-state index in [4.69, 9.17) is 0 Å². The molecule has 1 aromatic carbocycles. The summed E-state index contributed by atoms with van der Waals surface area (Å²) in [6.45, 7) is 0.405. The van der Waals surface area contributed by atoms with Gasteiger partial charge in [-0.05, 0) is 37.0 Å². The molecular weight excluding hydrogens is 318 g/mol. The van der Waals surface area contributed by atoms with Gasteiger partial charge in [-0.25, -0.2) is 0 Å². The van der Waals surface area contributed by atoms with Crippen LogP contribution in [0, 0.1) is 0 Å². The summed E-state index contributed by atoms with van der Waals surface area (Å²) in [7, 11) is 0. The minimum Gasteiger partial charge on any atom is -0.481 e. The Bertz CT molecular complexity index is 808. The van der Waals surface area contributed by atoms with Crippen LogP contribution < -0.4 is 4.90 Å². The van der Waals surface area contributed by atoms with Crippen LogP contribution in [0.25, 0.3) is 0 Å². The maximum absolute atomic E-state index is 13.2. The molecule has 2 aromatic rings. The second-order valence-electron chi connectivity index (χ2n) is 6.79. The van der Waals surface area contributed by atoms with Crippen LogP contribution in [0.15, 0.2) is 36.5 Å². The lowest BCUT2D eigenvalue weighted by Crippen LogP contribution is -2.39. The highest BCUT2D eigenvalue weighted by Gasteiger charge is 2.34. The molecule has 0 bridgehead atoms. The van der Waals surface area contributed by atoms with Gasteiger partial charge in [-0.15, -0.1) is 0 Å². The molecule has 1 aliphatic carbocycles. The zero-order valence-electron chi connectivity index (χ0n) is 14.0. The number of carbonyl (C=O) groups is 2. The van der Waals surface area contributed by atoms with E-state index in [2.05, 4.69) is 5.10 Å². The van der Waals surface area contributed by atoms with Crippen molar-refractivity contribution in [3.63, 3.8) is 0 Å². The predicted molar refractivity (Wildman–Crippen MR) is 92.8 cm³/mol. The highest BCUT2D eigenvalue weighted by atomic mass is 16.4. The molecule has 0 saturated heterocycles. The summed E-state index contributed by atoms with van der Waals surface area (Å²) in [4.78, 5) is 26.4. The minimum atomic E-state index is -0.837. The van der Waals surface area contributed by atoms with E-state index in [1.165, 1.54) is 12.8 Å². The second-order valence-corrected chi connectivity index (χ2v) is 6.79. The lowest BCUT2D eigenvalue weighted by molar-refractivity contribution is -0.139. The van der Waals surface area contributed by atoms with Crippen LogP contribution in [0.5, 0.6) is 0 Å². The van der Waals surface area contributed by atoms with Gasteiger partial charge in [-0.1, -0.05) is 31.0 Å². The molecule has 1 unspecified atom stereocenters. The van der Waals surface area contributed by atoms with Gasteiger partial charge in [0.15, 0.2) is 0 Å². The lowest BCUT2D eigenvalue weighted by atomic mass is 9.90. The number of fused-ring (bicyclic) bond motifs is 1. The van der Waals surface area contributed by atoms with Crippen molar-refractivity contribution in [2.75, 3.05) is 11.4 Å². The van der Waals surface area contributed by atoms with E-state index in [0.717, 1.165) is 12.8 Å². The monoisotopic (exact) mass is 339 g/mol. The number of para-hydroxylation sites is 1. The Morgan fingerprint density at radius 2 is 1.84 bits per heavy atom. The van der Waals surface area contributed by atoms with Gasteiger partial charge in [0.2, 0.25) is 0 Å². The van der Waals surface area contributed by atoms with Crippen molar-refractivity contribution in [2.45, 2.75) is 44.1 Å². The lowest BCUT2D eigenvalue weighted by Gasteiger charge is -2.33. The summed E-state index contributed by atoms with van der Waals surface area (Å²) in [5, 5.41) is 13.9. The van der Waals surface area contributed by atoms with Crippen LogP contribution in [0.1, 0.15) is 60.1 Å². The molecule has 25 heavy (non-hydrogen) atoms. The molecule has 1 fully saturated rings. The van der Waals surface area contributed by atoms with Gasteiger partial charge < -0.3 is 10.0 Å². The van der Waals surface area contributed by atoms with E-state index >= 15 is 0 Å². The predicted octanol–water partition coefficient (Wildman–Crippen LogP) is 3.22. The first-order valence-electron chi connectivity index (χ1n) is 8.84. The first kappa shape index (κ1) is 15.9. The van der Waals surface area contributed by atoms with Crippen LogP contribution in [-0.2, 0) is 4.79 Å². The van der Waals surface area contributed by atoms with Crippen LogP contribution >= 0.6 is 0 Å². The number of hydrogen-bond acceptors (Lipinski definition) is 3. The third-order valence-electron chi connectivity index (χ3n) is 5.35. The van der Waals surface area contributed by atoms with E-state index in [-0.39, 0.29) is 5.91 Å². The Morgan fingerprint density at radius 3 is 2.60 bits per heavy atom. The molecular formula is C19H21N3O3. The first-order chi connectivity index (χ1) is 12.2. The molecule has 2 heterocycles. The molecule has 0 spiro atoms. The molecule has 1 N–H and O–H groups in total. The quantitative estimate of drug-likeness (QED) is 0.931. The Morgan fingerprint density at radius 1 is 1.08 bits per heavy atom. The number of anilines is 1. The average Bonchev–Trinajstić information content (AvgIpc) is 3.30. The summed E-state index contributed by atoms with van der Waals surface area (Å²) in [5.74, 6) is -1.49. The van der Waals surface area contributed by atoms with E-state index in [0.29, 0.717) is 36.0 Å². The Hall–Kier alpha value is -2.63. The van der Waals surface area contributed by atoms with Gasteiger partial charge in [-0.3, -0.25) is 14.3 Å². The van der Waals surface area contributed by atoms with Crippen LogP contribution in [0.3, 0.4) is 0 Å². The number of aromatic nitrogens is 2. The zero-order valence-corrected chi connectivity index (χ0v) is 14.0. The average molecular weight is 339 g/mol. The molecule has 1 amide bonds. The topological polar surface area (TPSA) is 75.4 Å². The number of hydrogen-bond donors (Lipinski definition) is 1. The number of aliphatic carboxylic acids is 1. The van der Waals surface area contributed by atoms with Crippen LogP contribution in [-0.4, -0.2) is 33.3 Å². The molecule has 4 rings (SSSR count). The van der Waals surface area contributed by atoms with E-state index < -0.39 is 11.9 Å². The third kappa shape index (κ3) is 2.71. The molecule has 1 saturated carbocycles. The number of amides is 1. The maximum Gasteiger partial charge on any atom is 0.311 e. The van der Waals surface area contributed by atoms with Crippen molar-refractivity contribution in [2.24, 2.45) is 0 Å². The fourth-order valence-corrected chi connectivity index (χ4v) is 4.09. The van der Waals surface area contributed by atoms with E-state index in [1.54, 1.807) is 17.2 Å². The van der Waals surface area contributed by atoms with Crippen LogP contribution in [0.4, 0.5) is 5.69 Å². The number of carboxylic acid groups (broad SMARTS) is 1. The number of nitrogens with zero attached hydrogens (tertiary/aromatic N) is 3. The molecule has 2 aliphatic rings. The summed E-state index contributed by atoms with van der Waals surface area (Å²) in [6, 6.07) is 9.37. The second kappa shape index (κ2) is 6.35. The Kier molecular flexibility index (Phi) is 4.03. The molecule has 1 atom stereocenters. The summed E-state index contributed by atoms with van der Waals surface area (Å²) in [6.07, 6.45) is 6.56. The molecule has 0 radical (unpaired) electrons. The van der Waals surface area contributed by atoms with Gasteiger partial charge >= 0.3 is 5.97 Å².